The summed E-state index contributed by atoms with van der Waals surface area (Å²) < 4.78 is 24.3. The molecule has 2 aliphatic rings. The van der Waals surface area contributed by atoms with Gasteiger partial charge in [0.15, 0.2) is 0 Å². The lowest BCUT2D eigenvalue weighted by atomic mass is 9.73. The minimum Gasteiger partial charge on any atom is -0.376 e. The van der Waals surface area contributed by atoms with E-state index in [4.69, 9.17) is 11.6 Å². The maximum Gasteiger partial charge on any atom is 0.239 e. The Morgan fingerprint density at radius 2 is 2.00 bits per heavy atom. The molecular weight excluding hydrogens is 428 g/mol. The van der Waals surface area contributed by atoms with E-state index in [2.05, 4.69) is 10.00 Å². The fourth-order valence-corrected chi connectivity index (χ4v) is 5.15. The van der Waals surface area contributed by atoms with Crippen molar-refractivity contribution in [2.45, 2.75) is 31.3 Å². The third-order valence-corrected chi connectivity index (χ3v) is 7.21. The fourth-order valence-electron chi connectivity index (χ4n) is 4.45. The molecule has 1 aromatic carbocycles. The van der Waals surface area contributed by atoms with Crippen molar-refractivity contribution >= 4 is 33.0 Å². The number of rotatable bonds is 6. The molecule has 3 heterocycles. The van der Waals surface area contributed by atoms with E-state index < -0.39 is 15.3 Å². The highest BCUT2D eigenvalue weighted by atomic mass is 35.5. The van der Waals surface area contributed by atoms with Crippen molar-refractivity contribution in [3.05, 3.63) is 46.7 Å². The standard InChI is InChI=1S/C20H25ClN4O4S/c1-30(28,29)9-8-24-13-15(11-22-24)12-23-6-4-20(5-7-23)17-10-16(21)2-3-18(17)25(14-26)19(20)27/h2-3,10-11,13,26H,4-9,12,14H2,1H3. The first kappa shape index (κ1) is 21.3. The van der Waals surface area contributed by atoms with Gasteiger partial charge in [-0.2, -0.15) is 5.10 Å². The van der Waals surface area contributed by atoms with E-state index in [1.54, 1.807) is 23.0 Å². The molecule has 1 aromatic heterocycles. The number of amides is 1. The molecule has 4 rings (SSSR count). The molecule has 1 fully saturated rings. The smallest absolute Gasteiger partial charge is 0.239 e. The van der Waals surface area contributed by atoms with Gasteiger partial charge in [-0.25, -0.2) is 8.42 Å². The van der Waals surface area contributed by atoms with E-state index in [-0.39, 0.29) is 18.4 Å². The van der Waals surface area contributed by atoms with Crippen molar-refractivity contribution in [3.63, 3.8) is 0 Å². The van der Waals surface area contributed by atoms with Crippen LogP contribution >= 0.6 is 11.6 Å². The van der Waals surface area contributed by atoms with Crippen LogP contribution in [0, 0.1) is 0 Å². The maximum atomic E-state index is 13.1. The molecule has 0 saturated carbocycles. The Balaban J connectivity index is 1.44. The number of nitrogens with zero attached hydrogens (tertiary/aromatic N) is 4. The number of hydrogen-bond donors (Lipinski definition) is 1. The second-order valence-corrected chi connectivity index (χ2v) is 10.8. The Morgan fingerprint density at radius 3 is 2.67 bits per heavy atom. The van der Waals surface area contributed by atoms with E-state index in [0.29, 0.717) is 31.0 Å². The van der Waals surface area contributed by atoms with Gasteiger partial charge in [-0.05, 0) is 49.7 Å². The fraction of sp³-hybridized carbons (Fsp3) is 0.500. The number of fused-ring (bicyclic) bond motifs is 2. The average molecular weight is 453 g/mol. The number of sulfone groups is 1. The van der Waals surface area contributed by atoms with Gasteiger partial charge >= 0.3 is 0 Å². The van der Waals surface area contributed by atoms with Gasteiger partial charge in [0.1, 0.15) is 16.6 Å². The molecule has 30 heavy (non-hydrogen) atoms. The summed E-state index contributed by atoms with van der Waals surface area (Å²) in [5.74, 6) is 0.00159. The Labute approximate surface area is 181 Å². The summed E-state index contributed by atoms with van der Waals surface area (Å²) in [5, 5.41) is 14.6. The van der Waals surface area contributed by atoms with Crippen LogP contribution in [-0.4, -0.2) is 65.9 Å². The van der Waals surface area contributed by atoms with E-state index >= 15 is 0 Å². The van der Waals surface area contributed by atoms with E-state index in [1.807, 2.05) is 12.3 Å². The molecule has 1 spiro atoms. The van der Waals surface area contributed by atoms with Crippen LogP contribution in [0.5, 0.6) is 0 Å². The molecule has 0 aliphatic carbocycles. The van der Waals surface area contributed by atoms with Gasteiger partial charge in [-0.1, -0.05) is 11.6 Å². The van der Waals surface area contributed by atoms with Crippen LogP contribution in [0.3, 0.4) is 0 Å². The van der Waals surface area contributed by atoms with Crippen LogP contribution < -0.4 is 4.90 Å². The van der Waals surface area contributed by atoms with Crippen molar-refractivity contribution in [2.24, 2.45) is 0 Å². The third kappa shape index (κ3) is 3.99. The Morgan fingerprint density at radius 1 is 1.27 bits per heavy atom. The number of piperidine rings is 1. The molecule has 0 atom stereocenters. The predicted molar refractivity (Wildman–Crippen MR) is 114 cm³/mol. The Kier molecular flexibility index (Phi) is 5.65. The van der Waals surface area contributed by atoms with Crippen molar-refractivity contribution < 1.29 is 18.3 Å². The number of likely N-dealkylation sites (tertiary alicyclic amines) is 1. The molecule has 8 nitrogen and oxygen atoms in total. The van der Waals surface area contributed by atoms with Gasteiger partial charge in [-0.3, -0.25) is 19.3 Å². The molecule has 162 valence electrons. The van der Waals surface area contributed by atoms with Crippen LogP contribution in [0.2, 0.25) is 5.02 Å². The molecule has 1 saturated heterocycles. The summed E-state index contributed by atoms with van der Waals surface area (Å²) in [4.78, 5) is 16.8. The summed E-state index contributed by atoms with van der Waals surface area (Å²) in [7, 11) is -3.03. The number of carbonyl (C=O) groups is 1. The highest BCUT2D eigenvalue weighted by Gasteiger charge is 2.51. The molecule has 2 aliphatic heterocycles. The van der Waals surface area contributed by atoms with Crippen molar-refractivity contribution in [2.75, 3.05) is 36.7 Å². The maximum absolute atomic E-state index is 13.1. The second-order valence-electron chi connectivity index (χ2n) is 8.14. The molecule has 0 bridgehead atoms. The molecule has 10 heteroatoms. The number of benzene rings is 1. The number of aryl methyl sites for hydroxylation is 1. The first-order valence-electron chi connectivity index (χ1n) is 9.86. The number of halogens is 1. The highest BCUT2D eigenvalue weighted by molar-refractivity contribution is 7.90. The topological polar surface area (TPSA) is 95.7 Å². The van der Waals surface area contributed by atoms with Gasteiger partial charge in [0.25, 0.3) is 0 Å². The number of carbonyl (C=O) groups excluding carboxylic acids is 1. The lowest BCUT2D eigenvalue weighted by molar-refractivity contribution is -0.125. The molecule has 0 unspecified atom stereocenters. The molecular formula is C20H25ClN4O4S. The largest absolute Gasteiger partial charge is 0.376 e. The average Bonchev–Trinajstić information content (AvgIpc) is 3.23. The zero-order valence-corrected chi connectivity index (χ0v) is 18.4. The van der Waals surface area contributed by atoms with Crippen molar-refractivity contribution in [1.82, 2.24) is 14.7 Å². The zero-order chi connectivity index (χ0) is 21.5. The molecule has 0 radical (unpaired) electrons. The summed E-state index contributed by atoms with van der Waals surface area (Å²) >= 11 is 6.21. The summed E-state index contributed by atoms with van der Waals surface area (Å²) in [6.07, 6.45) is 6.15. The lowest BCUT2D eigenvalue weighted by Crippen LogP contribution is -2.48. The van der Waals surface area contributed by atoms with E-state index in [1.165, 1.54) is 11.2 Å². The van der Waals surface area contributed by atoms with Crippen molar-refractivity contribution in [3.8, 4) is 0 Å². The van der Waals surface area contributed by atoms with Crippen LogP contribution in [0.4, 0.5) is 5.69 Å². The summed E-state index contributed by atoms with van der Waals surface area (Å²) in [6.45, 7) is 2.14. The van der Waals surface area contributed by atoms with Crippen molar-refractivity contribution in [1.29, 1.82) is 0 Å². The molecule has 1 N–H and O–H groups in total. The molecule has 1 amide bonds. The van der Waals surface area contributed by atoms with Crippen LogP contribution in [0.15, 0.2) is 30.6 Å². The summed E-state index contributed by atoms with van der Waals surface area (Å²) in [5.41, 5.74) is 2.02. The van der Waals surface area contributed by atoms with Gasteiger partial charge in [0.2, 0.25) is 5.91 Å². The number of aromatic nitrogens is 2. The van der Waals surface area contributed by atoms with Crippen LogP contribution in [-0.2, 0) is 33.1 Å². The number of aliphatic hydroxyl groups excluding tert-OH is 1. The number of anilines is 1. The Bertz CT molecular complexity index is 1060. The van der Waals surface area contributed by atoms with E-state index in [9.17, 15) is 18.3 Å². The SMILES string of the molecule is CS(=O)(=O)CCn1cc(CN2CCC3(CC2)C(=O)N(CO)c2ccc(Cl)cc23)cn1. The predicted octanol–water partition coefficient (Wildman–Crippen LogP) is 1.41. The molecule has 2 aromatic rings. The number of aliphatic hydroxyl groups is 1. The van der Waals surface area contributed by atoms with Gasteiger partial charge < -0.3 is 5.11 Å². The number of hydrogen-bond acceptors (Lipinski definition) is 6. The zero-order valence-electron chi connectivity index (χ0n) is 16.8. The summed E-state index contributed by atoms with van der Waals surface area (Å²) in [6, 6.07) is 5.40. The quantitative estimate of drug-likeness (QED) is 0.712. The first-order valence-corrected chi connectivity index (χ1v) is 12.3. The minimum absolute atomic E-state index is 0.0597. The minimum atomic E-state index is -3.03. The first-order chi connectivity index (χ1) is 14.2. The van der Waals surface area contributed by atoms with Gasteiger partial charge in [-0.15, -0.1) is 0 Å². The van der Waals surface area contributed by atoms with Crippen LogP contribution in [0.1, 0.15) is 24.0 Å². The monoisotopic (exact) mass is 452 g/mol. The normalized spacial score (nSPS) is 18.9. The van der Waals surface area contributed by atoms with E-state index in [0.717, 1.165) is 29.9 Å². The van der Waals surface area contributed by atoms with Gasteiger partial charge in [0.05, 0.1) is 29.6 Å². The third-order valence-electron chi connectivity index (χ3n) is 6.05. The highest BCUT2D eigenvalue weighted by Crippen LogP contribution is 2.48. The lowest BCUT2D eigenvalue weighted by Gasteiger charge is -2.38. The Hall–Kier alpha value is -1.94. The van der Waals surface area contributed by atoms with Crippen LogP contribution in [0.25, 0.3) is 0 Å². The van der Waals surface area contributed by atoms with Gasteiger partial charge in [0, 0.05) is 29.6 Å². The second kappa shape index (κ2) is 7.96.